The molecule has 0 unspecified atom stereocenters. The highest BCUT2D eigenvalue weighted by Crippen LogP contribution is 2.17. The Morgan fingerprint density at radius 2 is 1.29 bits per heavy atom. The molecule has 0 aliphatic rings. The molecule has 0 aliphatic heterocycles. The van der Waals surface area contributed by atoms with Crippen molar-refractivity contribution in [2.45, 2.75) is 44.1 Å². The van der Waals surface area contributed by atoms with Crippen LogP contribution in [0.2, 0.25) is 0 Å². The molecule has 9 N–H and O–H groups in total. The highest BCUT2D eigenvalue weighted by Gasteiger charge is 2.32. The summed E-state index contributed by atoms with van der Waals surface area (Å²) in [5.74, 6) is -0.939. The lowest BCUT2D eigenvalue weighted by atomic mass is 9.89. The van der Waals surface area contributed by atoms with Crippen molar-refractivity contribution in [2.75, 3.05) is 39.3 Å². The molecule has 0 spiro atoms. The van der Waals surface area contributed by atoms with E-state index < -0.39 is 11.5 Å². The van der Waals surface area contributed by atoms with Gasteiger partial charge in [0.25, 0.3) is 0 Å². The number of aliphatic carboxylic acids is 1. The first-order valence-electron chi connectivity index (χ1n) is 7.85. The van der Waals surface area contributed by atoms with Gasteiger partial charge < -0.3 is 32.9 Å². The van der Waals surface area contributed by atoms with E-state index in [1.807, 2.05) is 0 Å². The SMILES string of the molecule is NCCCN(CCCN)CCC[C@@](N)(CCCN)C(=O)O. The average Bonchev–Trinajstić information content (AvgIpc) is 2.47. The zero-order chi connectivity index (χ0) is 16.1. The molecule has 0 amide bonds. The van der Waals surface area contributed by atoms with Crippen LogP contribution in [0.25, 0.3) is 0 Å². The van der Waals surface area contributed by atoms with Crippen LogP contribution < -0.4 is 22.9 Å². The molecule has 0 bridgehead atoms. The first-order valence-corrected chi connectivity index (χ1v) is 7.85. The largest absolute Gasteiger partial charge is 0.480 e. The number of carboxylic acid groups (broad SMARTS) is 1. The molecule has 0 aliphatic carbocycles. The third-order valence-corrected chi connectivity index (χ3v) is 3.71. The van der Waals surface area contributed by atoms with Crippen molar-refractivity contribution in [2.24, 2.45) is 22.9 Å². The molecule has 0 aromatic carbocycles. The van der Waals surface area contributed by atoms with Crippen LogP contribution in [0.1, 0.15) is 38.5 Å². The standard InChI is InChI=1S/C14H33N5O2/c15-7-1-5-14(18,13(20)21)6-2-10-19(11-3-8-16)12-4-9-17/h1-12,15-18H2,(H,20,21)/t14-/m0/s1. The molecule has 0 aromatic rings. The Morgan fingerprint density at radius 3 is 1.71 bits per heavy atom. The van der Waals surface area contributed by atoms with Gasteiger partial charge in [-0.1, -0.05) is 0 Å². The fraction of sp³-hybridized carbons (Fsp3) is 0.929. The third kappa shape index (κ3) is 9.00. The van der Waals surface area contributed by atoms with E-state index in [0.29, 0.717) is 38.9 Å². The lowest BCUT2D eigenvalue weighted by Gasteiger charge is -2.27. The fourth-order valence-electron chi connectivity index (χ4n) is 2.34. The number of carbonyl (C=O) groups is 1. The Bertz CT molecular complexity index is 270. The predicted molar refractivity (Wildman–Crippen MR) is 85.9 cm³/mol. The molecule has 1 atom stereocenters. The molecule has 0 fully saturated rings. The minimum Gasteiger partial charge on any atom is -0.480 e. The zero-order valence-corrected chi connectivity index (χ0v) is 13.1. The summed E-state index contributed by atoms with van der Waals surface area (Å²) in [6, 6.07) is 0. The van der Waals surface area contributed by atoms with Gasteiger partial charge in [-0.15, -0.1) is 0 Å². The topological polar surface area (TPSA) is 145 Å². The highest BCUT2D eigenvalue weighted by atomic mass is 16.4. The maximum Gasteiger partial charge on any atom is 0.323 e. The summed E-state index contributed by atoms with van der Waals surface area (Å²) in [5.41, 5.74) is 21.4. The second-order valence-electron chi connectivity index (χ2n) is 5.58. The van der Waals surface area contributed by atoms with Gasteiger partial charge in [-0.25, -0.2) is 0 Å². The lowest BCUT2D eigenvalue weighted by molar-refractivity contribution is -0.144. The van der Waals surface area contributed by atoms with Crippen molar-refractivity contribution in [3.63, 3.8) is 0 Å². The lowest BCUT2D eigenvalue weighted by Crippen LogP contribution is -2.48. The number of hydrogen-bond acceptors (Lipinski definition) is 6. The predicted octanol–water partition coefficient (Wildman–Crippen LogP) is -0.713. The number of nitrogens with zero attached hydrogens (tertiary/aromatic N) is 1. The van der Waals surface area contributed by atoms with E-state index in [0.717, 1.165) is 38.9 Å². The van der Waals surface area contributed by atoms with Gasteiger partial charge in [0.1, 0.15) is 5.54 Å². The second-order valence-corrected chi connectivity index (χ2v) is 5.58. The van der Waals surface area contributed by atoms with Crippen molar-refractivity contribution in [1.82, 2.24) is 4.90 Å². The van der Waals surface area contributed by atoms with Gasteiger partial charge in [0.15, 0.2) is 0 Å². The second kappa shape index (κ2) is 11.9. The van der Waals surface area contributed by atoms with Crippen molar-refractivity contribution >= 4 is 5.97 Å². The molecule has 0 radical (unpaired) electrons. The van der Waals surface area contributed by atoms with Crippen LogP contribution in [0, 0.1) is 0 Å². The van der Waals surface area contributed by atoms with E-state index in [9.17, 15) is 9.90 Å². The van der Waals surface area contributed by atoms with Gasteiger partial charge in [0, 0.05) is 0 Å². The van der Waals surface area contributed by atoms with Crippen molar-refractivity contribution in [1.29, 1.82) is 0 Å². The summed E-state index contributed by atoms with van der Waals surface area (Å²) in [5, 5.41) is 9.29. The monoisotopic (exact) mass is 303 g/mol. The van der Waals surface area contributed by atoms with Gasteiger partial charge in [-0.05, 0) is 77.8 Å². The zero-order valence-electron chi connectivity index (χ0n) is 13.1. The van der Waals surface area contributed by atoms with Crippen LogP contribution in [-0.4, -0.2) is 60.8 Å². The molecule has 126 valence electrons. The Balaban J connectivity index is 4.25. The minimum atomic E-state index is -1.16. The summed E-state index contributed by atoms with van der Waals surface area (Å²) < 4.78 is 0. The quantitative estimate of drug-likeness (QED) is 0.285. The van der Waals surface area contributed by atoms with Crippen LogP contribution in [0.4, 0.5) is 0 Å². The summed E-state index contributed by atoms with van der Waals surface area (Å²) in [6.07, 6.45) is 4.14. The van der Waals surface area contributed by atoms with Gasteiger partial charge >= 0.3 is 5.97 Å². The van der Waals surface area contributed by atoms with E-state index >= 15 is 0 Å². The van der Waals surface area contributed by atoms with E-state index in [-0.39, 0.29) is 0 Å². The summed E-state index contributed by atoms with van der Waals surface area (Å²) in [7, 11) is 0. The van der Waals surface area contributed by atoms with Crippen LogP contribution in [0.15, 0.2) is 0 Å². The Kier molecular flexibility index (Phi) is 11.5. The van der Waals surface area contributed by atoms with Crippen molar-refractivity contribution in [3.8, 4) is 0 Å². The molecule has 21 heavy (non-hydrogen) atoms. The number of hydrogen-bond donors (Lipinski definition) is 5. The Morgan fingerprint density at radius 1 is 0.857 bits per heavy atom. The number of rotatable bonds is 14. The number of nitrogens with two attached hydrogens (primary N) is 4. The molecule has 7 heteroatoms. The molecule has 0 aromatic heterocycles. The first kappa shape index (κ1) is 20.3. The summed E-state index contributed by atoms with van der Waals surface area (Å²) >= 11 is 0. The summed E-state index contributed by atoms with van der Waals surface area (Å²) in [4.78, 5) is 13.6. The van der Waals surface area contributed by atoms with Crippen LogP contribution in [-0.2, 0) is 4.79 Å². The molecule has 0 saturated carbocycles. The van der Waals surface area contributed by atoms with E-state index in [4.69, 9.17) is 22.9 Å². The molecular weight excluding hydrogens is 270 g/mol. The van der Waals surface area contributed by atoms with Crippen LogP contribution >= 0.6 is 0 Å². The average molecular weight is 303 g/mol. The van der Waals surface area contributed by atoms with E-state index in [2.05, 4.69) is 4.90 Å². The fourth-order valence-corrected chi connectivity index (χ4v) is 2.34. The van der Waals surface area contributed by atoms with Crippen LogP contribution in [0.3, 0.4) is 0 Å². The minimum absolute atomic E-state index is 0.421. The molecule has 0 saturated heterocycles. The van der Waals surface area contributed by atoms with Gasteiger partial charge in [-0.3, -0.25) is 4.79 Å². The smallest absolute Gasteiger partial charge is 0.323 e. The molecular formula is C14H33N5O2. The van der Waals surface area contributed by atoms with Crippen LogP contribution in [0.5, 0.6) is 0 Å². The van der Waals surface area contributed by atoms with Crippen molar-refractivity contribution < 1.29 is 9.90 Å². The Hall–Kier alpha value is -0.730. The maximum atomic E-state index is 11.3. The number of carboxylic acids is 1. The van der Waals surface area contributed by atoms with E-state index in [1.165, 1.54) is 0 Å². The van der Waals surface area contributed by atoms with Crippen molar-refractivity contribution in [3.05, 3.63) is 0 Å². The normalized spacial score (nSPS) is 14.3. The highest BCUT2D eigenvalue weighted by molar-refractivity contribution is 5.78. The third-order valence-electron chi connectivity index (χ3n) is 3.71. The van der Waals surface area contributed by atoms with E-state index in [1.54, 1.807) is 0 Å². The van der Waals surface area contributed by atoms with Gasteiger partial charge in [0.05, 0.1) is 0 Å². The van der Waals surface area contributed by atoms with Gasteiger partial charge in [-0.2, -0.15) is 0 Å². The first-order chi connectivity index (χ1) is 10.00. The maximum absolute atomic E-state index is 11.3. The molecule has 7 nitrogen and oxygen atoms in total. The molecule has 0 rings (SSSR count). The molecule has 0 heterocycles. The van der Waals surface area contributed by atoms with Gasteiger partial charge in [0.2, 0.25) is 0 Å². The summed E-state index contributed by atoms with van der Waals surface area (Å²) in [6.45, 7) is 4.45. The Labute approximate surface area is 128 Å².